The van der Waals surface area contributed by atoms with Gasteiger partial charge < -0.3 is 15.1 Å². The van der Waals surface area contributed by atoms with Gasteiger partial charge in [0.25, 0.3) is 11.5 Å². The van der Waals surface area contributed by atoms with Gasteiger partial charge in [0, 0.05) is 57.0 Å². The highest BCUT2D eigenvalue weighted by molar-refractivity contribution is 5.93. The number of carbonyl (C=O) groups excluding carboxylic acids is 1. The average molecular weight is 404 g/mol. The molecule has 154 valence electrons. The molecule has 1 aliphatic heterocycles. The maximum absolute atomic E-state index is 12.5. The SMILES string of the molecule is Cc1ccccc1N1CCN(c2ncc(C(=O)NCc3ccncc3)c(=O)[nH]2)CC1. The number of rotatable bonds is 5. The number of benzene rings is 1. The number of carbonyl (C=O) groups is 1. The van der Waals surface area contributed by atoms with Crippen LogP contribution in [0.4, 0.5) is 11.6 Å². The number of amides is 1. The standard InChI is InChI=1S/C22H24N6O2/c1-16-4-2-3-5-19(16)27-10-12-28(13-11-27)22-25-15-18(21(30)26-22)20(29)24-14-17-6-8-23-9-7-17/h2-9,15H,10-14H2,1H3,(H,24,29)(H,25,26,30). The van der Waals surface area contributed by atoms with Gasteiger partial charge in [-0.1, -0.05) is 18.2 Å². The lowest BCUT2D eigenvalue weighted by molar-refractivity contribution is 0.0949. The minimum absolute atomic E-state index is 0.00588. The number of aromatic nitrogens is 3. The van der Waals surface area contributed by atoms with Crippen LogP contribution in [0.3, 0.4) is 0 Å². The first kappa shape index (κ1) is 19.6. The molecule has 0 unspecified atom stereocenters. The molecular weight excluding hydrogens is 380 g/mol. The predicted octanol–water partition coefficient (Wildman–Crippen LogP) is 1.73. The molecule has 0 radical (unpaired) electrons. The maximum atomic E-state index is 12.5. The Morgan fingerprint density at radius 2 is 1.77 bits per heavy atom. The van der Waals surface area contributed by atoms with E-state index in [0.717, 1.165) is 31.7 Å². The lowest BCUT2D eigenvalue weighted by Crippen LogP contribution is -2.47. The minimum atomic E-state index is -0.448. The normalized spacial score (nSPS) is 13.9. The number of aryl methyl sites for hydroxylation is 1. The Morgan fingerprint density at radius 3 is 2.47 bits per heavy atom. The Kier molecular flexibility index (Phi) is 5.74. The van der Waals surface area contributed by atoms with Gasteiger partial charge in [-0.15, -0.1) is 0 Å². The summed E-state index contributed by atoms with van der Waals surface area (Å²) in [6.45, 7) is 5.59. The van der Waals surface area contributed by atoms with E-state index in [-0.39, 0.29) is 5.56 Å². The molecule has 3 aromatic rings. The predicted molar refractivity (Wildman–Crippen MR) is 116 cm³/mol. The third kappa shape index (κ3) is 4.32. The Bertz CT molecular complexity index is 1070. The van der Waals surface area contributed by atoms with Gasteiger partial charge in [-0.25, -0.2) is 4.98 Å². The number of piperazine rings is 1. The van der Waals surface area contributed by atoms with Crippen LogP contribution in [0.1, 0.15) is 21.5 Å². The highest BCUT2D eigenvalue weighted by atomic mass is 16.2. The van der Waals surface area contributed by atoms with Gasteiger partial charge in [-0.05, 0) is 36.2 Å². The molecule has 8 nitrogen and oxygen atoms in total. The maximum Gasteiger partial charge on any atom is 0.265 e. The van der Waals surface area contributed by atoms with E-state index in [1.54, 1.807) is 12.4 Å². The summed E-state index contributed by atoms with van der Waals surface area (Å²) < 4.78 is 0. The molecule has 30 heavy (non-hydrogen) atoms. The summed E-state index contributed by atoms with van der Waals surface area (Å²) in [7, 11) is 0. The lowest BCUT2D eigenvalue weighted by Gasteiger charge is -2.37. The quantitative estimate of drug-likeness (QED) is 0.673. The van der Waals surface area contributed by atoms with E-state index in [9.17, 15) is 9.59 Å². The molecule has 0 atom stereocenters. The molecule has 1 saturated heterocycles. The number of pyridine rings is 1. The zero-order valence-corrected chi connectivity index (χ0v) is 16.8. The summed E-state index contributed by atoms with van der Waals surface area (Å²) in [4.78, 5) is 40.2. The Balaban J connectivity index is 1.38. The molecule has 1 aliphatic rings. The highest BCUT2D eigenvalue weighted by Crippen LogP contribution is 2.21. The van der Waals surface area contributed by atoms with E-state index >= 15 is 0 Å². The number of nitrogens with one attached hydrogen (secondary N) is 2. The van der Waals surface area contributed by atoms with E-state index in [1.807, 2.05) is 29.2 Å². The summed E-state index contributed by atoms with van der Waals surface area (Å²) in [6, 6.07) is 11.9. The largest absolute Gasteiger partial charge is 0.368 e. The third-order valence-electron chi connectivity index (χ3n) is 5.27. The Morgan fingerprint density at radius 1 is 1.07 bits per heavy atom. The van der Waals surface area contributed by atoms with Crippen molar-refractivity contribution in [2.45, 2.75) is 13.5 Å². The number of nitrogens with zero attached hydrogens (tertiary/aromatic N) is 4. The highest BCUT2D eigenvalue weighted by Gasteiger charge is 2.21. The van der Waals surface area contributed by atoms with Crippen molar-refractivity contribution in [1.82, 2.24) is 20.3 Å². The van der Waals surface area contributed by atoms with Crippen LogP contribution in [0.5, 0.6) is 0 Å². The van der Waals surface area contributed by atoms with Gasteiger partial charge in [0.05, 0.1) is 0 Å². The third-order valence-corrected chi connectivity index (χ3v) is 5.27. The molecule has 1 amide bonds. The second kappa shape index (κ2) is 8.77. The first-order valence-electron chi connectivity index (χ1n) is 9.94. The fourth-order valence-corrected chi connectivity index (χ4v) is 3.56. The Labute approximate surface area is 174 Å². The zero-order valence-electron chi connectivity index (χ0n) is 16.8. The van der Waals surface area contributed by atoms with Crippen molar-refractivity contribution >= 4 is 17.5 Å². The lowest BCUT2D eigenvalue weighted by atomic mass is 10.1. The van der Waals surface area contributed by atoms with E-state index in [1.165, 1.54) is 17.4 Å². The number of hydrogen-bond acceptors (Lipinski definition) is 6. The molecule has 0 aliphatic carbocycles. The van der Waals surface area contributed by atoms with Crippen LogP contribution < -0.4 is 20.7 Å². The van der Waals surface area contributed by atoms with Crippen LogP contribution in [-0.2, 0) is 6.54 Å². The molecule has 1 aromatic carbocycles. The number of anilines is 2. The topological polar surface area (TPSA) is 94.2 Å². The van der Waals surface area contributed by atoms with Crippen molar-refractivity contribution in [1.29, 1.82) is 0 Å². The summed E-state index contributed by atoms with van der Waals surface area (Å²) in [5.74, 6) is 0.0478. The number of H-pyrrole nitrogens is 1. The van der Waals surface area contributed by atoms with Crippen LogP contribution in [0.25, 0.3) is 0 Å². The van der Waals surface area contributed by atoms with Gasteiger partial charge in [0.1, 0.15) is 5.56 Å². The van der Waals surface area contributed by atoms with Gasteiger partial charge in [0.2, 0.25) is 5.95 Å². The zero-order chi connectivity index (χ0) is 20.9. The summed E-state index contributed by atoms with van der Waals surface area (Å²) in [5, 5.41) is 2.74. The molecule has 3 heterocycles. The van der Waals surface area contributed by atoms with Crippen molar-refractivity contribution in [3.8, 4) is 0 Å². The van der Waals surface area contributed by atoms with E-state index in [0.29, 0.717) is 12.5 Å². The molecule has 2 aromatic heterocycles. The van der Waals surface area contributed by atoms with E-state index in [4.69, 9.17) is 0 Å². The van der Waals surface area contributed by atoms with Crippen molar-refractivity contribution in [3.05, 3.63) is 82.0 Å². The molecule has 0 bridgehead atoms. The van der Waals surface area contributed by atoms with Crippen molar-refractivity contribution in [2.24, 2.45) is 0 Å². The van der Waals surface area contributed by atoms with E-state index < -0.39 is 11.5 Å². The van der Waals surface area contributed by atoms with Crippen LogP contribution in [0.15, 0.2) is 59.8 Å². The molecule has 4 rings (SSSR count). The molecule has 1 fully saturated rings. The fraction of sp³-hybridized carbons (Fsp3) is 0.273. The van der Waals surface area contributed by atoms with Gasteiger partial charge in [-0.3, -0.25) is 19.6 Å². The smallest absolute Gasteiger partial charge is 0.265 e. The first-order chi connectivity index (χ1) is 14.6. The van der Waals surface area contributed by atoms with Crippen molar-refractivity contribution in [2.75, 3.05) is 36.0 Å². The number of aromatic amines is 1. The molecule has 0 saturated carbocycles. The summed E-state index contributed by atoms with van der Waals surface area (Å²) in [5.41, 5.74) is 2.96. The first-order valence-corrected chi connectivity index (χ1v) is 9.94. The molecule has 2 N–H and O–H groups in total. The molecule has 8 heteroatoms. The molecular formula is C22H24N6O2. The average Bonchev–Trinajstić information content (AvgIpc) is 2.78. The van der Waals surface area contributed by atoms with Crippen LogP contribution >= 0.6 is 0 Å². The van der Waals surface area contributed by atoms with E-state index in [2.05, 4.69) is 44.2 Å². The summed E-state index contributed by atoms with van der Waals surface area (Å²) in [6.07, 6.45) is 4.66. The van der Waals surface area contributed by atoms with Crippen LogP contribution in [0.2, 0.25) is 0 Å². The number of para-hydroxylation sites is 1. The summed E-state index contributed by atoms with van der Waals surface area (Å²) >= 11 is 0. The van der Waals surface area contributed by atoms with Gasteiger partial charge >= 0.3 is 0 Å². The van der Waals surface area contributed by atoms with Crippen LogP contribution in [-0.4, -0.2) is 47.0 Å². The number of hydrogen-bond donors (Lipinski definition) is 2. The van der Waals surface area contributed by atoms with Crippen LogP contribution in [0, 0.1) is 6.92 Å². The molecule has 0 spiro atoms. The Hall–Kier alpha value is -3.68. The fourth-order valence-electron chi connectivity index (χ4n) is 3.56. The minimum Gasteiger partial charge on any atom is -0.368 e. The van der Waals surface area contributed by atoms with Gasteiger partial charge in [-0.2, -0.15) is 0 Å². The van der Waals surface area contributed by atoms with Crippen molar-refractivity contribution in [3.63, 3.8) is 0 Å². The van der Waals surface area contributed by atoms with Gasteiger partial charge in [0.15, 0.2) is 0 Å². The monoisotopic (exact) mass is 404 g/mol. The second-order valence-corrected chi connectivity index (χ2v) is 7.25. The second-order valence-electron chi connectivity index (χ2n) is 7.25. The van der Waals surface area contributed by atoms with Crippen molar-refractivity contribution < 1.29 is 4.79 Å².